The maximum atomic E-state index is 12.1. The number of nitrogens with one attached hydrogen (secondary N) is 2. The third kappa shape index (κ3) is 4.34. The number of amides is 1. The van der Waals surface area contributed by atoms with Gasteiger partial charge in [-0.05, 0) is 38.8 Å². The van der Waals surface area contributed by atoms with Crippen LogP contribution < -0.4 is 15.5 Å². The van der Waals surface area contributed by atoms with Gasteiger partial charge in [-0.3, -0.25) is 4.79 Å². The van der Waals surface area contributed by atoms with Gasteiger partial charge >= 0.3 is 0 Å². The van der Waals surface area contributed by atoms with Crippen LogP contribution in [0.5, 0.6) is 0 Å². The van der Waals surface area contributed by atoms with Gasteiger partial charge in [-0.25, -0.2) is 0 Å². The second kappa shape index (κ2) is 9.17. The van der Waals surface area contributed by atoms with Crippen molar-refractivity contribution in [1.29, 1.82) is 10.5 Å². The molecule has 1 saturated heterocycles. The number of hydrogen-bond acceptors (Lipinski definition) is 9. The maximum absolute atomic E-state index is 12.1. The number of anilines is 4. The molecule has 1 aliphatic heterocycles. The molecule has 0 bridgehead atoms. The average Bonchev–Trinajstić information content (AvgIpc) is 3.55. The molecule has 1 aliphatic carbocycles. The van der Waals surface area contributed by atoms with Crippen molar-refractivity contribution < 1.29 is 4.79 Å². The van der Waals surface area contributed by atoms with E-state index in [2.05, 4.69) is 42.7 Å². The third-order valence-corrected chi connectivity index (χ3v) is 6.85. The largest absolute Gasteiger partial charge is 0.366 e. The second-order valence-corrected chi connectivity index (χ2v) is 9.70. The summed E-state index contributed by atoms with van der Waals surface area (Å²) in [5.41, 5.74) is 2.28. The second-order valence-electron chi connectivity index (χ2n) is 9.32. The lowest BCUT2D eigenvalue weighted by atomic mass is 10.1. The zero-order valence-corrected chi connectivity index (χ0v) is 20.9. The highest BCUT2D eigenvalue weighted by molar-refractivity contribution is 6.36. The molecule has 0 spiro atoms. The summed E-state index contributed by atoms with van der Waals surface area (Å²) < 4.78 is 1.51. The summed E-state index contributed by atoms with van der Waals surface area (Å²) in [6, 6.07) is 7.98. The number of nitriles is 2. The number of carbonyl (C=O) groups is 1. The number of carbonyl (C=O) groups excluding carboxylic acids is 1. The Bertz CT molecular complexity index is 1420. The van der Waals surface area contributed by atoms with Crippen LogP contribution in [0.1, 0.15) is 44.7 Å². The summed E-state index contributed by atoms with van der Waals surface area (Å²) in [5, 5.41) is 30.3. The van der Waals surface area contributed by atoms with Crippen molar-refractivity contribution in [3.8, 4) is 12.1 Å². The fourth-order valence-electron chi connectivity index (χ4n) is 4.77. The first-order valence-corrected chi connectivity index (χ1v) is 12.1. The number of halogens is 1. The predicted molar refractivity (Wildman–Crippen MR) is 135 cm³/mol. The molecule has 1 aromatic carbocycles. The minimum absolute atomic E-state index is 0.0162. The van der Waals surface area contributed by atoms with Gasteiger partial charge in [0, 0.05) is 38.1 Å². The van der Waals surface area contributed by atoms with Gasteiger partial charge < -0.3 is 20.4 Å². The summed E-state index contributed by atoms with van der Waals surface area (Å²) in [6.45, 7) is 6.74. The van der Waals surface area contributed by atoms with Crippen LogP contribution in [0.4, 0.5) is 23.3 Å². The molecule has 2 atom stereocenters. The summed E-state index contributed by atoms with van der Waals surface area (Å²) in [6.07, 6.45) is 3.53. The molecule has 2 N–H and O–H groups in total. The minimum Gasteiger partial charge on any atom is -0.366 e. The molecule has 12 heteroatoms. The Kier molecular flexibility index (Phi) is 6.02. The van der Waals surface area contributed by atoms with Gasteiger partial charge in [0.05, 0.1) is 34.2 Å². The lowest BCUT2D eigenvalue weighted by molar-refractivity contribution is -0.133. The molecule has 1 saturated carbocycles. The number of nitrogens with zero attached hydrogens (tertiary/aromatic N) is 8. The molecular weight excluding hydrogens is 480 g/mol. The molecule has 0 unspecified atom stereocenters. The number of aromatic nitrogens is 4. The molecule has 3 heterocycles. The topological polar surface area (TPSA) is 138 Å². The Hall–Kier alpha value is -4.09. The zero-order chi connectivity index (χ0) is 25.6. The smallest absolute Gasteiger partial charge is 0.232 e. The molecule has 5 rings (SSSR count). The molecule has 36 heavy (non-hydrogen) atoms. The van der Waals surface area contributed by atoms with E-state index in [9.17, 15) is 15.3 Å². The summed E-state index contributed by atoms with van der Waals surface area (Å²) >= 11 is 6.87. The van der Waals surface area contributed by atoms with Gasteiger partial charge in [0.2, 0.25) is 17.8 Å². The van der Waals surface area contributed by atoms with Gasteiger partial charge in [0.15, 0.2) is 5.65 Å². The summed E-state index contributed by atoms with van der Waals surface area (Å²) in [5.74, 6) is 0.740. The first-order chi connectivity index (χ1) is 17.3. The van der Waals surface area contributed by atoms with Gasteiger partial charge in [0.1, 0.15) is 11.6 Å². The fraction of sp³-hybridized carbons (Fsp3) is 0.417. The molecular formula is C24H25ClN10O. The van der Waals surface area contributed by atoms with Crippen molar-refractivity contribution in [3.63, 3.8) is 0 Å². The first kappa shape index (κ1) is 23.6. The van der Waals surface area contributed by atoms with Crippen molar-refractivity contribution >= 4 is 46.4 Å². The molecule has 0 radical (unpaired) electrons. The Morgan fingerprint density at radius 3 is 2.47 bits per heavy atom. The van der Waals surface area contributed by atoms with E-state index >= 15 is 0 Å². The SMILES string of the molecule is CC(=O)N1[C@H](C)CN(c2cc(C#N)cc(Nc3nc(NC4CC4)n4ncc(C#N)c4n3)c2Cl)C[C@@H]1C. The van der Waals surface area contributed by atoms with E-state index < -0.39 is 0 Å². The van der Waals surface area contributed by atoms with Crippen LogP contribution in [0.15, 0.2) is 18.3 Å². The van der Waals surface area contributed by atoms with Gasteiger partial charge in [-0.15, -0.1) is 0 Å². The first-order valence-electron chi connectivity index (χ1n) is 11.8. The van der Waals surface area contributed by atoms with E-state index in [0.29, 0.717) is 58.3 Å². The van der Waals surface area contributed by atoms with Gasteiger partial charge in [-0.2, -0.15) is 30.1 Å². The molecule has 184 valence electrons. The molecule has 2 fully saturated rings. The highest BCUT2D eigenvalue weighted by Gasteiger charge is 2.32. The molecule has 11 nitrogen and oxygen atoms in total. The zero-order valence-electron chi connectivity index (χ0n) is 20.2. The van der Waals surface area contributed by atoms with E-state index in [1.54, 1.807) is 19.1 Å². The Morgan fingerprint density at radius 2 is 1.86 bits per heavy atom. The normalized spacial score (nSPS) is 19.6. The quantitative estimate of drug-likeness (QED) is 0.535. The number of benzene rings is 1. The van der Waals surface area contributed by atoms with Crippen molar-refractivity contribution in [2.45, 2.75) is 51.7 Å². The fourth-order valence-corrected chi connectivity index (χ4v) is 5.05. The van der Waals surface area contributed by atoms with E-state index in [1.807, 2.05) is 18.7 Å². The summed E-state index contributed by atoms with van der Waals surface area (Å²) in [4.78, 5) is 25.1. The van der Waals surface area contributed by atoms with E-state index in [4.69, 9.17) is 11.6 Å². The van der Waals surface area contributed by atoms with Crippen molar-refractivity contribution in [2.24, 2.45) is 0 Å². The number of rotatable bonds is 5. The average molecular weight is 505 g/mol. The van der Waals surface area contributed by atoms with E-state index in [-0.39, 0.29) is 23.9 Å². The van der Waals surface area contributed by atoms with E-state index in [0.717, 1.165) is 12.8 Å². The van der Waals surface area contributed by atoms with Crippen LogP contribution in [0.25, 0.3) is 5.65 Å². The molecule has 2 aliphatic rings. The Morgan fingerprint density at radius 1 is 1.14 bits per heavy atom. The van der Waals surface area contributed by atoms with Crippen molar-refractivity contribution in [3.05, 3.63) is 34.5 Å². The number of hydrogen-bond donors (Lipinski definition) is 2. The molecule has 2 aromatic heterocycles. The minimum atomic E-state index is -0.0162. The Balaban J connectivity index is 1.52. The van der Waals surface area contributed by atoms with Crippen molar-refractivity contribution in [2.75, 3.05) is 28.6 Å². The number of piperazine rings is 1. The molecule has 3 aromatic rings. The van der Waals surface area contributed by atoms with Crippen LogP contribution in [0.3, 0.4) is 0 Å². The third-order valence-electron chi connectivity index (χ3n) is 6.45. The Labute approximate surface area is 213 Å². The van der Waals surface area contributed by atoms with Crippen LogP contribution in [-0.2, 0) is 4.79 Å². The van der Waals surface area contributed by atoms with E-state index in [1.165, 1.54) is 10.7 Å². The van der Waals surface area contributed by atoms with Crippen LogP contribution in [0, 0.1) is 22.7 Å². The lowest BCUT2D eigenvalue weighted by Crippen LogP contribution is -2.58. The van der Waals surface area contributed by atoms with Gasteiger partial charge in [0.25, 0.3) is 0 Å². The van der Waals surface area contributed by atoms with Crippen LogP contribution in [0.2, 0.25) is 5.02 Å². The summed E-state index contributed by atoms with van der Waals surface area (Å²) in [7, 11) is 0. The van der Waals surface area contributed by atoms with Crippen LogP contribution >= 0.6 is 11.6 Å². The monoisotopic (exact) mass is 504 g/mol. The van der Waals surface area contributed by atoms with Gasteiger partial charge in [-0.1, -0.05) is 11.6 Å². The lowest BCUT2D eigenvalue weighted by Gasteiger charge is -2.45. The highest BCUT2D eigenvalue weighted by Crippen LogP contribution is 2.37. The maximum Gasteiger partial charge on any atom is 0.232 e. The standard InChI is InChI=1S/C24H25ClN10O/c1-13-11-33(12-14(2)34(13)15(3)36)20-7-16(8-26)6-19(21(20)25)30-23-31-22-17(9-27)10-28-35(22)24(32-23)29-18-4-5-18/h6-7,10,13-14,18H,4-5,11-12H2,1-3H3,(H2,29,30,31,32)/t13-,14+. The highest BCUT2D eigenvalue weighted by atomic mass is 35.5. The predicted octanol–water partition coefficient (Wildman–Crippen LogP) is 3.28. The number of fused-ring (bicyclic) bond motifs is 1. The molecule has 1 amide bonds. The van der Waals surface area contributed by atoms with Crippen LogP contribution in [-0.4, -0.2) is 61.6 Å². The van der Waals surface area contributed by atoms with Crippen molar-refractivity contribution in [1.82, 2.24) is 24.5 Å².